The van der Waals surface area contributed by atoms with Crippen LogP contribution in [-0.2, 0) is 49.5 Å². The number of amides is 4. The SMILES string of the molecule is O=C(CCOCCOCCOCCN1C(=O)C(Br)=C(Br)C1=O)NCCC(=O)Nc1cc(C[n+]2ccc3ccccc3c2C(=O)O)ccc1O[C@@H]1O[C@H](C(=O)O)[C@@H](O)[C@H](O)[C@H]1O. The molecule has 0 radical (unpaired) electrons. The van der Waals surface area contributed by atoms with E-state index in [4.69, 9.17) is 23.7 Å². The first kappa shape index (κ1) is 47.1. The van der Waals surface area contributed by atoms with Gasteiger partial charge in [-0.3, -0.25) is 24.1 Å². The number of pyridine rings is 1. The van der Waals surface area contributed by atoms with E-state index in [9.17, 15) is 54.3 Å². The zero-order chi connectivity index (χ0) is 44.2. The zero-order valence-corrected chi connectivity index (χ0v) is 35.4. The van der Waals surface area contributed by atoms with Crippen LogP contribution in [0.1, 0.15) is 28.9 Å². The van der Waals surface area contributed by atoms with Crippen LogP contribution in [0.25, 0.3) is 10.8 Å². The molecule has 1 saturated heterocycles. The van der Waals surface area contributed by atoms with Crippen molar-refractivity contribution < 1.29 is 82.6 Å². The van der Waals surface area contributed by atoms with Gasteiger partial charge in [-0.2, -0.15) is 4.57 Å². The monoisotopic (exact) mass is 981 g/mol. The summed E-state index contributed by atoms with van der Waals surface area (Å²) >= 11 is 6.12. The predicted octanol–water partition coefficient (Wildman–Crippen LogP) is 0.400. The molecular formula is C39H43Br2N4O16+. The average Bonchev–Trinajstić information content (AvgIpc) is 3.41. The summed E-state index contributed by atoms with van der Waals surface area (Å²) in [5, 5.41) is 57.0. The summed E-state index contributed by atoms with van der Waals surface area (Å²) in [5.74, 6) is -4.79. The number of halogens is 2. The van der Waals surface area contributed by atoms with Gasteiger partial charge < -0.3 is 59.9 Å². The highest BCUT2D eigenvalue weighted by molar-refractivity contribution is 9.14. The van der Waals surface area contributed by atoms with E-state index in [1.54, 1.807) is 42.6 Å². The second-order valence-electron chi connectivity index (χ2n) is 13.5. The van der Waals surface area contributed by atoms with Crippen molar-refractivity contribution in [2.45, 2.75) is 50.1 Å². The second-order valence-corrected chi connectivity index (χ2v) is 15.1. The van der Waals surface area contributed by atoms with Crippen molar-refractivity contribution in [2.24, 2.45) is 0 Å². The Labute approximate surface area is 364 Å². The number of nitrogens with zero attached hydrogens (tertiary/aromatic N) is 2. The largest absolute Gasteiger partial charge is 0.479 e. The number of aliphatic carboxylic acids is 1. The van der Waals surface area contributed by atoms with Crippen LogP contribution >= 0.6 is 31.9 Å². The number of benzene rings is 2. The average molecular weight is 984 g/mol. The normalized spacial score (nSPS) is 20.3. The highest BCUT2D eigenvalue weighted by Crippen LogP contribution is 2.32. The third-order valence-corrected chi connectivity index (χ3v) is 11.3. The van der Waals surface area contributed by atoms with Gasteiger partial charge in [0, 0.05) is 31.0 Å². The smallest absolute Gasteiger partial charge is 0.401 e. The van der Waals surface area contributed by atoms with Crippen molar-refractivity contribution in [3.63, 3.8) is 0 Å². The van der Waals surface area contributed by atoms with Crippen LogP contribution in [0.5, 0.6) is 5.75 Å². The number of aliphatic hydroxyl groups is 3. The van der Waals surface area contributed by atoms with Crippen molar-refractivity contribution in [3.05, 3.63) is 74.9 Å². The second kappa shape index (κ2) is 22.3. The molecule has 5 rings (SSSR count). The maximum atomic E-state index is 13.1. The molecule has 22 heteroatoms. The first-order valence-corrected chi connectivity index (χ1v) is 20.3. The maximum Gasteiger partial charge on any atom is 0.401 e. The lowest BCUT2D eigenvalue weighted by atomic mass is 9.99. The standard InChI is InChI=1S/C39H42Br2N4O16/c40-28-29(41)36(52)45(35(28)51)12-14-58-16-18-59-17-15-57-13-9-26(46)42-10-7-27(47)43-24-19-21(20-44-11-8-22-3-1-2-4-23(22)30(44)37(53)54)5-6-25(24)60-39-33(50)31(48)32(49)34(61-39)38(55)56/h1-6,8,11,19,31-34,39,48-50H,7,9-10,12-18,20H2,(H3-,42,43,46,47,53,54,55,56)/p+1/t31-,32-,33+,34-,39+/m0/s1. The summed E-state index contributed by atoms with van der Waals surface area (Å²) in [7, 11) is 0. The number of ether oxygens (including phenoxy) is 5. The molecule has 328 valence electrons. The van der Waals surface area contributed by atoms with Gasteiger partial charge in [-0.1, -0.05) is 18.2 Å². The van der Waals surface area contributed by atoms with E-state index in [-0.39, 0.29) is 98.2 Å². The Hall–Kier alpha value is -4.91. The number of aliphatic hydroxyl groups excluding tert-OH is 3. The van der Waals surface area contributed by atoms with Crippen LogP contribution in [0.3, 0.4) is 0 Å². The van der Waals surface area contributed by atoms with E-state index in [1.807, 2.05) is 0 Å². The maximum absolute atomic E-state index is 13.1. The molecule has 2 aliphatic heterocycles. The number of hydrogen-bond donors (Lipinski definition) is 7. The van der Waals surface area contributed by atoms with Crippen molar-refractivity contribution in [1.82, 2.24) is 10.2 Å². The van der Waals surface area contributed by atoms with Crippen LogP contribution in [0.15, 0.2) is 63.7 Å². The number of carboxylic acids is 2. The molecule has 0 bridgehead atoms. The van der Waals surface area contributed by atoms with Gasteiger partial charge >= 0.3 is 11.9 Å². The lowest BCUT2D eigenvalue weighted by Crippen LogP contribution is -2.61. The van der Waals surface area contributed by atoms with Gasteiger partial charge in [-0.15, -0.1) is 0 Å². The summed E-state index contributed by atoms with van der Waals surface area (Å²) in [5.41, 5.74) is 0.510. The fourth-order valence-electron chi connectivity index (χ4n) is 6.17. The minimum absolute atomic E-state index is 0.00645. The number of anilines is 1. The third kappa shape index (κ3) is 12.4. The lowest BCUT2D eigenvalue weighted by Gasteiger charge is -2.38. The number of nitrogens with one attached hydrogen (secondary N) is 2. The molecule has 0 spiro atoms. The molecule has 0 aliphatic carbocycles. The molecule has 1 fully saturated rings. The van der Waals surface area contributed by atoms with Crippen molar-refractivity contribution in [2.75, 3.05) is 58.0 Å². The summed E-state index contributed by atoms with van der Waals surface area (Å²) < 4.78 is 29.1. The number of aromatic nitrogens is 1. The molecule has 3 aromatic rings. The van der Waals surface area contributed by atoms with Gasteiger partial charge in [0.1, 0.15) is 33.0 Å². The van der Waals surface area contributed by atoms with Gasteiger partial charge in [-0.05, 0) is 61.5 Å². The van der Waals surface area contributed by atoms with Crippen LogP contribution in [0.2, 0.25) is 0 Å². The molecule has 2 aliphatic rings. The Kier molecular flexibility index (Phi) is 17.2. The minimum Gasteiger partial charge on any atom is -0.479 e. The van der Waals surface area contributed by atoms with Crippen LogP contribution in [0, 0.1) is 0 Å². The fraction of sp³-hybridized carbons (Fsp3) is 0.410. The van der Waals surface area contributed by atoms with Crippen LogP contribution in [-0.4, -0.2) is 149 Å². The van der Waals surface area contributed by atoms with E-state index in [1.165, 1.54) is 16.7 Å². The Morgan fingerprint density at radius 1 is 0.787 bits per heavy atom. The van der Waals surface area contributed by atoms with Gasteiger partial charge in [0.25, 0.3) is 17.5 Å². The number of hydrogen-bond acceptors (Lipinski definition) is 14. The Morgan fingerprint density at radius 2 is 1.44 bits per heavy atom. The predicted molar refractivity (Wildman–Crippen MR) is 217 cm³/mol. The molecule has 20 nitrogen and oxygen atoms in total. The molecule has 61 heavy (non-hydrogen) atoms. The number of carbonyl (C=O) groups excluding carboxylic acids is 4. The third-order valence-electron chi connectivity index (χ3n) is 9.28. The lowest BCUT2D eigenvalue weighted by molar-refractivity contribution is -0.689. The topological polar surface area (TPSA) is 281 Å². The van der Waals surface area contributed by atoms with E-state index in [0.717, 1.165) is 4.90 Å². The molecule has 0 unspecified atom stereocenters. The summed E-state index contributed by atoms with van der Waals surface area (Å²) in [6, 6.07) is 13.1. The molecule has 1 aromatic heterocycles. The number of carboxylic acid groups (broad SMARTS) is 2. The highest BCUT2D eigenvalue weighted by Gasteiger charge is 2.48. The van der Waals surface area contributed by atoms with Crippen LogP contribution in [0.4, 0.5) is 5.69 Å². The van der Waals surface area contributed by atoms with Crippen molar-refractivity contribution in [1.29, 1.82) is 0 Å². The Balaban J connectivity index is 1.09. The molecular weight excluding hydrogens is 940 g/mol. The zero-order valence-electron chi connectivity index (χ0n) is 32.2. The Bertz CT molecular complexity index is 2130. The van der Waals surface area contributed by atoms with Crippen LogP contribution < -0.4 is 19.9 Å². The summed E-state index contributed by atoms with van der Waals surface area (Å²) in [4.78, 5) is 74.6. The first-order valence-electron chi connectivity index (χ1n) is 18.8. The fourth-order valence-corrected chi connectivity index (χ4v) is 6.94. The molecule has 2 aromatic carbocycles. The number of fused-ring (bicyclic) bond motifs is 1. The highest BCUT2D eigenvalue weighted by atomic mass is 79.9. The minimum atomic E-state index is -1.96. The Morgan fingerprint density at radius 3 is 2.11 bits per heavy atom. The molecule has 0 saturated carbocycles. The number of rotatable bonds is 22. The molecule has 5 atom stereocenters. The van der Waals surface area contributed by atoms with Gasteiger partial charge in [-0.25, -0.2) is 9.59 Å². The van der Waals surface area contributed by atoms with E-state index in [2.05, 4.69) is 42.5 Å². The number of aromatic carboxylic acids is 1. The quantitative estimate of drug-likeness (QED) is 0.0408. The van der Waals surface area contributed by atoms with E-state index < -0.39 is 66.3 Å². The molecule has 3 heterocycles. The summed E-state index contributed by atoms with van der Waals surface area (Å²) in [6.07, 6.45) is -8.16. The van der Waals surface area contributed by atoms with Crippen molar-refractivity contribution in [3.8, 4) is 5.75 Å². The van der Waals surface area contributed by atoms with Crippen molar-refractivity contribution >= 4 is 83.9 Å². The first-order chi connectivity index (χ1) is 29.2. The van der Waals surface area contributed by atoms with Gasteiger partial charge in [0.05, 0.1) is 57.3 Å². The molecule has 4 amide bonds. The van der Waals surface area contributed by atoms with E-state index in [0.29, 0.717) is 16.3 Å². The summed E-state index contributed by atoms with van der Waals surface area (Å²) in [6.45, 7) is 1.12. The van der Waals surface area contributed by atoms with Gasteiger partial charge in [0.15, 0.2) is 18.8 Å². The number of carbonyl (C=O) groups is 6. The number of imide groups is 1. The molecule has 7 N–H and O–H groups in total. The van der Waals surface area contributed by atoms with Gasteiger partial charge in [0.2, 0.25) is 18.1 Å². The van der Waals surface area contributed by atoms with E-state index >= 15 is 0 Å².